The first-order valence-corrected chi connectivity index (χ1v) is 14.8. The molecule has 0 unspecified atom stereocenters. The normalized spacial score (nSPS) is 14.7. The summed E-state index contributed by atoms with van der Waals surface area (Å²) in [7, 11) is -2.49. The van der Waals surface area contributed by atoms with Gasteiger partial charge < -0.3 is 10.1 Å². The van der Waals surface area contributed by atoms with Gasteiger partial charge in [0.05, 0.1) is 23.6 Å². The van der Waals surface area contributed by atoms with Crippen molar-refractivity contribution in [3.8, 4) is 28.1 Å². The van der Waals surface area contributed by atoms with Gasteiger partial charge in [-0.2, -0.15) is 0 Å². The molecule has 0 spiro atoms. The van der Waals surface area contributed by atoms with Gasteiger partial charge in [-0.25, -0.2) is 26.2 Å². The number of alkyl halides is 2. The number of pyridine rings is 1. The van der Waals surface area contributed by atoms with Crippen molar-refractivity contribution in [2.24, 2.45) is 0 Å². The zero-order valence-corrected chi connectivity index (χ0v) is 23.4. The van der Waals surface area contributed by atoms with E-state index in [1.165, 1.54) is 24.4 Å². The third-order valence-corrected chi connectivity index (χ3v) is 9.19. The molecule has 0 atom stereocenters. The molecule has 0 aliphatic carbocycles. The molecule has 0 saturated carbocycles. The quantitative estimate of drug-likeness (QED) is 0.256. The lowest BCUT2D eigenvalue weighted by molar-refractivity contribution is 0.151. The Morgan fingerprint density at radius 1 is 1.00 bits per heavy atom. The summed E-state index contributed by atoms with van der Waals surface area (Å²) in [4.78, 5) is 4.70. The summed E-state index contributed by atoms with van der Waals surface area (Å²) >= 11 is 0. The van der Waals surface area contributed by atoms with Crippen molar-refractivity contribution >= 4 is 21.1 Å². The Bertz CT molecular complexity index is 1820. The number of methoxy groups -OCH3 is 1. The molecule has 1 aliphatic rings. The summed E-state index contributed by atoms with van der Waals surface area (Å²) in [6.45, 7) is 3.68. The average molecular weight is 578 g/mol. The lowest BCUT2D eigenvalue weighted by atomic mass is 10.0. The molecule has 0 radical (unpaired) electrons. The highest BCUT2D eigenvalue weighted by atomic mass is 32.2. The minimum absolute atomic E-state index is 0.101. The summed E-state index contributed by atoms with van der Waals surface area (Å²) in [5.74, 6) is 0.428. The minimum Gasteiger partial charge on any atom is -0.479 e. The van der Waals surface area contributed by atoms with E-state index < -0.39 is 16.4 Å². The van der Waals surface area contributed by atoms with Gasteiger partial charge in [-0.05, 0) is 62.7 Å². The SMILES string of the molecule is COc1nn(C2CCNCC2)cc1-c1cnc2c(c1)c(-c1cccc(C(F)F)c1)cn2S(=O)(=O)c1ccc(C)cc1. The first kappa shape index (κ1) is 27.1. The number of rotatable bonds is 7. The van der Waals surface area contributed by atoms with Gasteiger partial charge in [-0.1, -0.05) is 35.9 Å². The molecule has 0 bridgehead atoms. The number of hydrogen-bond acceptors (Lipinski definition) is 6. The highest BCUT2D eigenvalue weighted by molar-refractivity contribution is 7.90. The highest BCUT2D eigenvalue weighted by Gasteiger charge is 2.25. The summed E-state index contributed by atoms with van der Waals surface area (Å²) in [5, 5.41) is 8.52. The smallest absolute Gasteiger partial charge is 0.269 e. The number of ether oxygens (including phenoxy) is 1. The van der Waals surface area contributed by atoms with Crippen LogP contribution in [0, 0.1) is 6.92 Å². The van der Waals surface area contributed by atoms with Crippen LogP contribution in [0.15, 0.2) is 78.1 Å². The topological polar surface area (TPSA) is 91.0 Å². The van der Waals surface area contributed by atoms with Crippen molar-refractivity contribution in [3.05, 3.63) is 84.3 Å². The van der Waals surface area contributed by atoms with E-state index in [1.807, 2.05) is 23.9 Å². The molecule has 6 rings (SSSR count). The largest absolute Gasteiger partial charge is 0.479 e. The fourth-order valence-electron chi connectivity index (χ4n) is 5.29. The van der Waals surface area contributed by atoms with E-state index in [9.17, 15) is 17.2 Å². The zero-order valence-electron chi connectivity index (χ0n) is 22.6. The molecular formula is C30H29F2N5O3S. The Labute approximate surface area is 236 Å². The number of fused-ring (bicyclic) bond motifs is 1. The Morgan fingerprint density at radius 3 is 2.46 bits per heavy atom. The molecule has 1 fully saturated rings. The van der Waals surface area contributed by atoms with E-state index in [4.69, 9.17) is 4.74 Å². The summed E-state index contributed by atoms with van der Waals surface area (Å²) in [5.41, 5.74) is 3.27. The summed E-state index contributed by atoms with van der Waals surface area (Å²) < 4.78 is 63.4. The molecule has 4 heterocycles. The Balaban J connectivity index is 1.54. The van der Waals surface area contributed by atoms with E-state index in [-0.39, 0.29) is 22.1 Å². The van der Waals surface area contributed by atoms with Crippen molar-refractivity contribution in [1.29, 1.82) is 0 Å². The monoisotopic (exact) mass is 577 g/mol. The molecule has 8 nitrogen and oxygen atoms in total. The van der Waals surface area contributed by atoms with Crippen molar-refractivity contribution in [2.45, 2.75) is 37.1 Å². The minimum atomic E-state index is -4.04. The van der Waals surface area contributed by atoms with Crippen molar-refractivity contribution in [2.75, 3.05) is 20.2 Å². The molecule has 1 saturated heterocycles. The van der Waals surface area contributed by atoms with Crippen molar-refractivity contribution < 1.29 is 21.9 Å². The van der Waals surface area contributed by atoms with Crippen LogP contribution in [0.5, 0.6) is 5.88 Å². The molecule has 5 aromatic rings. The first-order valence-electron chi connectivity index (χ1n) is 13.3. The summed E-state index contributed by atoms with van der Waals surface area (Å²) in [6.07, 6.45) is 4.18. The van der Waals surface area contributed by atoms with Crippen LogP contribution in [-0.2, 0) is 10.0 Å². The van der Waals surface area contributed by atoms with E-state index >= 15 is 0 Å². The van der Waals surface area contributed by atoms with E-state index in [0.29, 0.717) is 33.5 Å². The molecule has 1 aliphatic heterocycles. The molecule has 212 valence electrons. The maximum absolute atomic E-state index is 13.8. The Kier molecular flexibility index (Phi) is 7.08. The third-order valence-electron chi connectivity index (χ3n) is 7.52. The fourth-order valence-corrected chi connectivity index (χ4v) is 6.61. The van der Waals surface area contributed by atoms with Crippen LogP contribution in [0.3, 0.4) is 0 Å². The number of hydrogen-bond donors (Lipinski definition) is 1. The van der Waals surface area contributed by atoms with E-state index in [0.717, 1.165) is 35.5 Å². The zero-order chi connectivity index (χ0) is 28.7. The van der Waals surface area contributed by atoms with Gasteiger partial charge in [0.25, 0.3) is 16.4 Å². The van der Waals surface area contributed by atoms with Crippen LogP contribution < -0.4 is 10.1 Å². The number of piperidine rings is 1. The van der Waals surface area contributed by atoms with Crippen LogP contribution in [0.25, 0.3) is 33.3 Å². The lowest BCUT2D eigenvalue weighted by Gasteiger charge is -2.22. The van der Waals surface area contributed by atoms with Crippen LogP contribution in [0.2, 0.25) is 0 Å². The number of halogens is 2. The number of benzene rings is 2. The Hall–Kier alpha value is -4.09. The van der Waals surface area contributed by atoms with E-state index in [2.05, 4.69) is 15.4 Å². The second kappa shape index (κ2) is 10.7. The number of nitrogens with one attached hydrogen (secondary N) is 1. The van der Waals surface area contributed by atoms with Crippen molar-refractivity contribution in [1.82, 2.24) is 24.1 Å². The summed E-state index contributed by atoms with van der Waals surface area (Å²) in [6, 6.07) is 14.5. The maximum atomic E-state index is 13.8. The van der Waals surface area contributed by atoms with Gasteiger partial charge in [0.15, 0.2) is 5.65 Å². The van der Waals surface area contributed by atoms with Gasteiger partial charge in [0, 0.05) is 40.7 Å². The molecule has 41 heavy (non-hydrogen) atoms. The van der Waals surface area contributed by atoms with E-state index in [1.54, 1.807) is 43.6 Å². The Morgan fingerprint density at radius 2 is 1.76 bits per heavy atom. The van der Waals surface area contributed by atoms with Crippen molar-refractivity contribution in [3.63, 3.8) is 0 Å². The molecule has 3 aromatic heterocycles. The number of aryl methyl sites for hydroxylation is 1. The van der Waals surface area contributed by atoms with Gasteiger partial charge >= 0.3 is 0 Å². The van der Waals surface area contributed by atoms with Gasteiger partial charge in [-0.3, -0.25) is 4.68 Å². The first-order chi connectivity index (χ1) is 19.8. The fraction of sp³-hybridized carbons (Fsp3) is 0.267. The highest BCUT2D eigenvalue weighted by Crippen LogP contribution is 2.38. The molecule has 1 N–H and O–H groups in total. The molecular weight excluding hydrogens is 548 g/mol. The molecule has 2 aromatic carbocycles. The van der Waals surface area contributed by atoms with Gasteiger partial charge in [0.2, 0.25) is 5.88 Å². The predicted octanol–water partition coefficient (Wildman–Crippen LogP) is 5.98. The molecule has 11 heteroatoms. The maximum Gasteiger partial charge on any atom is 0.269 e. The van der Waals surface area contributed by atoms with Crippen LogP contribution in [0.1, 0.15) is 36.4 Å². The molecule has 0 amide bonds. The van der Waals surface area contributed by atoms with Crippen LogP contribution >= 0.6 is 0 Å². The number of nitrogens with zero attached hydrogens (tertiary/aromatic N) is 4. The predicted molar refractivity (Wildman–Crippen MR) is 153 cm³/mol. The second-order valence-electron chi connectivity index (χ2n) is 10.2. The lowest BCUT2D eigenvalue weighted by Crippen LogP contribution is -2.29. The standard InChI is InChI=1S/C30H29F2N5O3S/c1-19-6-8-24(9-7-19)41(38,39)37-18-26(20-4-3-5-21(14-20)28(31)32)25-15-22(16-34-29(25)37)27-17-36(35-30(27)40-2)23-10-12-33-13-11-23/h3-9,14-18,23,28,33H,10-13H2,1-2H3. The number of aromatic nitrogens is 4. The van der Waals surface area contributed by atoms with Crippen LogP contribution in [0.4, 0.5) is 8.78 Å². The van der Waals surface area contributed by atoms with Gasteiger partial charge in [-0.15, -0.1) is 5.10 Å². The third kappa shape index (κ3) is 5.00. The van der Waals surface area contributed by atoms with Gasteiger partial charge in [0.1, 0.15) is 0 Å². The average Bonchev–Trinajstić information content (AvgIpc) is 3.60. The second-order valence-corrected chi connectivity index (χ2v) is 12.0. The van der Waals surface area contributed by atoms with Crippen LogP contribution in [-0.4, -0.2) is 47.4 Å².